The highest BCUT2D eigenvalue weighted by Gasteiger charge is 1.91. The lowest BCUT2D eigenvalue weighted by Crippen LogP contribution is -1.92. The summed E-state index contributed by atoms with van der Waals surface area (Å²) < 4.78 is 14.6. The van der Waals surface area contributed by atoms with Crippen LogP contribution in [0.3, 0.4) is 0 Å². The monoisotopic (exact) mass is 170 g/mol. The van der Waals surface area contributed by atoms with E-state index in [1.165, 1.54) is 0 Å². The van der Waals surface area contributed by atoms with Crippen molar-refractivity contribution in [2.24, 2.45) is 0 Å². The van der Waals surface area contributed by atoms with Crippen molar-refractivity contribution in [1.82, 2.24) is 0 Å². The highest BCUT2D eigenvalue weighted by molar-refractivity contribution is 8.04. The average molecular weight is 171 g/mol. The van der Waals surface area contributed by atoms with E-state index in [2.05, 4.69) is 11.1 Å². The fraction of sp³-hybridized carbons (Fsp3) is 1.00. The van der Waals surface area contributed by atoms with E-state index in [0.717, 1.165) is 19.3 Å². The van der Waals surface area contributed by atoms with Crippen LogP contribution in [0.15, 0.2) is 0 Å². The molecule has 0 aliphatic carbocycles. The molecular formula is C5H11ClO2S. The van der Waals surface area contributed by atoms with Gasteiger partial charge < -0.3 is 0 Å². The van der Waals surface area contributed by atoms with E-state index in [1.54, 1.807) is 0 Å². The normalized spacial score (nSPS) is 13.6. The summed E-state index contributed by atoms with van der Waals surface area (Å²) >= 11 is 0. The van der Waals surface area contributed by atoms with Gasteiger partial charge in [-0.25, -0.2) is 4.21 Å². The molecule has 0 fully saturated rings. The molecule has 0 saturated heterocycles. The van der Waals surface area contributed by atoms with Gasteiger partial charge in [-0.3, -0.25) is 4.18 Å². The third-order valence-corrected chi connectivity index (χ3v) is 1.54. The van der Waals surface area contributed by atoms with Gasteiger partial charge >= 0.3 is 0 Å². The minimum Gasteiger partial charge on any atom is -0.278 e. The van der Waals surface area contributed by atoms with Crippen LogP contribution in [0, 0.1) is 0 Å². The lowest BCUT2D eigenvalue weighted by molar-refractivity contribution is 0.341. The van der Waals surface area contributed by atoms with Crippen LogP contribution < -0.4 is 0 Å². The molecule has 0 N–H and O–H groups in total. The van der Waals surface area contributed by atoms with Crippen LogP contribution in [0.25, 0.3) is 0 Å². The van der Waals surface area contributed by atoms with E-state index in [-0.39, 0.29) is 0 Å². The van der Waals surface area contributed by atoms with Crippen molar-refractivity contribution in [3.05, 3.63) is 0 Å². The summed E-state index contributed by atoms with van der Waals surface area (Å²) in [4.78, 5) is 0. The molecule has 0 bridgehead atoms. The van der Waals surface area contributed by atoms with E-state index in [1.807, 2.05) is 0 Å². The highest BCUT2D eigenvalue weighted by atomic mass is 35.7. The summed E-state index contributed by atoms with van der Waals surface area (Å²) in [6, 6.07) is 0. The third kappa shape index (κ3) is 8.40. The van der Waals surface area contributed by atoms with E-state index in [9.17, 15) is 4.21 Å². The molecule has 0 heterocycles. The van der Waals surface area contributed by atoms with Gasteiger partial charge in [-0.05, 0) is 6.42 Å². The van der Waals surface area contributed by atoms with Crippen LogP contribution >= 0.6 is 10.7 Å². The van der Waals surface area contributed by atoms with Gasteiger partial charge in [0.25, 0.3) is 10.3 Å². The maximum absolute atomic E-state index is 10.1. The van der Waals surface area contributed by atoms with Crippen LogP contribution in [0.2, 0.25) is 0 Å². The van der Waals surface area contributed by atoms with Gasteiger partial charge in [0.05, 0.1) is 6.61 Å². The van der Waals surface area contributed by atoms with Crippen molar-refractivity contribution in [1.29, 1.82) is 0 Å². The zero-order chi connectivity index (χ0) is 7.11. The Morgan fingerprint density at radius 2 is 2.22 bits per heavy atom. The molecule has 0 aromatic carbocycles. The van der Waals surface area contributed by atoms with Gasteiger partial charge in [0, 0.05) is 10.7 Å². The topological polar surface area (TPSA) is 26.3 Å². The predicted molar refractivity (Wildman–Crippen MR) is 39.5 cm³/mol. The standard InChI is InChI=1S/C5H11ClO2S/c1-2-3-4-5-8-9(6)7/h2-5H2,1H3. The Labute approximate surface area is 62.7 Å². The van der Waals surface area contributed by atoms with Crippen molar-refractivity contribution in [3.8, 4) is 0 Å². The summed E-state index contributed by atoms with van der Waals surface area (Å²) in [5, 5.41) is 0. The summed E-state index contributed by atoms with van der Waals surface area (Å²) in [5.74, 6) is 0. The van der Waals surface area contributed by atoms with Crippen molar-refractivity contribution in [2.45, 2.75) is 26.2 Å². The molecule has 1 atom stereocenters. The Kier molecular flexibility index (Phi) is 6.81. The molecule has 56 valence electrons. The summed E-state index contributed by atoms with van der Waals surface area (Å²) in [6.07, 6.45) is 3.18. The first-order valence-corrected chi connectivity index (χ1v) is 4.88. The molecule has 0 spiro atoms. The van der Waals surface area contributed by atoms with Crippen molar-refractivity contribution < 1.29 is 8.39 Å². The Morgan fingerprint density at radius 1 is 1.56 bits per heavy atom. The molecule has 0 radical (unpaired) electrons. The second-order valence-electron chi connectivity index (χ2n) is 1.72. The van der Waals surface area contributed by atoms with Crippen molar-refractivity contribution in [3.63, 3.8) is 0 Å². The Balaban J connectivity index is 2.83. The Morgan fingerprint density at radius 3 is 2.67 bits per heavy atom. The van der Waals surface area contributed by atoms with Gasteiger partial charge in [-0.1, -0.05) is 19.8 Å². The number of halogens is 1. The molecule has 1 unspecified atom stereocenters. The lowest BCUT2D eigenvalue weighted by Gasteiger charge is -1.94. The van der Waals surface area contributed by atoms with Crippen LogP contribution in [0.5, 0.6) is 0 Å². The molecule has 0 saturated carbocycles. The third-order valence-electron chi connectivity index (χ3n) is 0.924. The fourth-order valence-electron chi connectivity index (χ4n) is 0.477. The minimum atomic E-state index is -1.60. The van der Waals surface area contributed by atoms with Crippen LogP contribution in [-0.2, 0) is 14.5 Å². The molecule has 0 rings (SSSR count). The first-order chi connectivity index (χ1) is 4.27. The lowest BCUT2D eigenvalue weighted by atomic mass is 10.3. The van der Waals surface area contributed by atoms with E-state index >= 15 is 0 Å². The van der Waals surface area contributed by atoms with Gasteiger partial charge in [0.1, 0.15) is 0 Å². The second kappa shape index (κ2) is 6.52. The zero-order valence-corrected chi connectivity index (χ0v) is 7.00. The number of unbranched alkanes of at least 4 members (excludes halogenated alkanes) is 2. The highest BCUT2D eigenvalue weighted by Crippen LogP contribution is 1.97. The molecule has 0 aliphatic heterocycles. The first kappa shape index (κ1) is 9.40. The Hall–Kier alpha value is 0.400. The van der Waals surface area contributed by atoms with Crippen LogP contribution in [0.1, 0.15) is 26.2 Å². The summed E-state index contributed by atoms with van der Waals surface area (Å²) in [6.45, 7) is 2.60. The maximum atomic E-state index is 10.1. The first-order valence-electron chi connectivity index (χ1n) is 2.98. The molecular weight excluding hydrogens is 160 g/mol. The smallest absolute Gasteiger partial charge is 0.255 e. The number of rotatable bonds is 5. The molecule has 4 heteroatoms. The zero-order valence-electron chi connectivity index (χ0n) is 5.43. The SMILES string of the molecule is CCCCCOS(=O)Cl. The van der Waals surface area contributed by atoms with Crippen LogP contribution in [-0.4, -0.2) is 10.8 Å². The van der Waals surface area contributed by atoms with Crippen molar-refractivity contribution in [2.75, 3.05) is 6.61 Å². The predicted octanol–water partition coefficient (Wildman–Crippen LogP) is 2.01. The van der Waals surface area contributed by atoms with Crippen molar-refractivity contribution >= 4 is 21.0 Å². The van der Waals surface area contributed by atoms with Gasteiger partial charge in [-0.2, -0.15) is 0 Å². The van der Waals surface area contributed by atoms with Gasteiger partial charge in [0.2, 0.25) is 0 Å². The second-order valence-corrected chi connectivity index (χ2v) is 3.10. The van der Waals surface area contributed by atoms with E-state index in [0.29, 0.717) is 6.61 Å². The fourth-order valence-corrected chi connectivity index (χ4v) is 0.914. The molecule has 0 aliphatic rings. The van der Waals surface area contributed by atoms with E-state index < -0.39 is 10.3 Å². The quantitative estimate of drug-likeness (QED) is 0.466. The minimum absolute atomic E-state index is 0.504. The summed E-state index contributed by atoms with van der Waals surface area (Å²) in [7, 11) is 3.41. The average Bonchev–Trinajstić information content (AvgIpc) is 1.80. The Bertz CT molecular complexity index is 87.0. The van der Waals surface area contributed by atoms with Gasteiger partial charge in [-0.15, -0.1) is 0 Å². The van der Waals surface area contributed by atoms with Gasteiger partial charge in [0.15, 0.2) is 0 Å². The number of hydrogen-bond donors (Lipinski definition) is 0. The summed E-state index contributed by atoms with van der Waals surface area (Å²) in [5.41, 5.74) is 0. The largest absolute Gasteiger partial charge is 0.278 e. The maximum Gasteiger partial charge on any atom is 0.255 e. The molecule has 0 amide bonds. The number of hydrogen-bond acceptors (Lipinski definition) is 2. The molecule has 2 nitrogen and oxygen atoms in total. The molecule has 9 heavy (non-hydrogen) atoms. The molecule has 0 aromatic heterocycles. The van der Waals surface area contributed by atoms with E-state index in [4.69, 9.17) is 10.7 Å². The van der Waals surface area contributed by atoms with Crippen LogP contribution in [0.4, 0.5) is 0 Å². The molecule has 0 aromatic rings.